The number of hydrogen-bond donors (Lipinski definition) is 0. The van der Waals surface area contributed by atoms with Gasteiger partial charge in [-0.3, -0.25) is 0 Å². The van der Waals surface area contributed by atoms with Crippen molar-refractivity contribution in [1.29, 1.82) is 0 Å². The van der Waals surface area contributed by atoms with E-state index in [0.717, 1.165) is 10.6 Å². The first-order valence-electron chi connectivity index (χ1n) is 4.82. The minimum Gasteiger partial charge on any atom is -0.870 e. The number of nitrogens with zero attached hydrogens (tertiary/aromatic N) is 1. The minimum atomic E-state index is 0. The third-order valence-electron chi connectivity index (χ3n) is 2.29. The Balaban J connectivity index is 0. The second-order valence-corrected chi connectivity index (χ2v) is 5.55. The minimum absolute atomic E-state index is 0. The summed E-state index contributed by atoms with van der Waals surface area (Å²) in [7, 11) is 1.80. The Hall–Kier alpha value is -1.19. The zero-order chi connectivity index (χ0) is 11.5. The van der Waals surface area contributed by atoms with Gasteiger partial charge in [0.05, 0.1) is 0 Å². The summed E-state index contributed by atoms with van der Waals surface area (Å²) in [4.78, 5) is 14.5. The van der Waals surface area contributed by atoms with E-state index in [-0.39, 0.29) is 22.3 Å². The van der Waals surface area contributed by atoms with Crippen LogP contribution < -0.4 is 9.30 Å². The fraction of sp³-hybridized carbons (Fsp3) is 0.0833. The van der Waals surface area contributed by atoms with E-state index in [1.807, 2.05) is 58.3 Å². The average Bonchev–Trinajstić information content (AvgIpc) is 2.81. The van der Waals surface area contributed by atoms with Crippen LogP contribution >= 0.6 is 11.3 Å². The summed E-state index contributed by atoms with van der Waals surface area (Å²) in [5, 5.41) is 1.91. The van der Waals surface area contributed by atoms with Crippen molar-refractivity contribution in [2.45, 2.75) is 0 Å². The normalized spacial score (nSPS) is 8.58. The molecular weight excluding hydrogens is 327 g/mol. The van der Waals surface area contributed by atoms with E-state index in [2.05, 4.69) is 0 Å². The van der Waals surface area contributed by atoms with Crippen molar-refractivity contribution in [3.8, 4) is 0 Å². The van der Waals surface area contributed by atoms with Crippen LogP contribution in [0.4, 0.5) is 5.69 Å². The van der Waals surface area contributed by atoms with Crippen molar-refractivity contribution in [3.63, 3.8) is 0 Å². The van der Waals surface area contributed by atoms with Gasteiger partial charge in [0.2, 0.25) is 0 Å². The molecule has 100 valence electrons. The fourth-order valence-corrected chi connectivity index (χ4v) is 2.42. The van der Waals surface area contributed by atoms with E-state index in [1.54, 1.807) is 11.9 Å². The first-order chi connectivity index (χ1) is 7.68. The van der Waals surface area contributed by atoms with Crippen LogP contribution in [-0.2, 0) is 0 Å². The topological polar surface area (TPSA) is 110 Å². The first-order valence-corrected chi connectivity index (χ1v) is 6.74. The summed E-state index contributed by atoms with van der Waals surface area (Å²) in [5.74, 6) is 0.0406. The second kappa shape index (κ2) is 8.84. The van der Waals surface area contributed by atoms with Crippen molar-refractivity contribution < 1.29 is 21.2 Å². The molecule has 0 saturated carbocycles. The number of benzene rings is 1. The zero-order valence-electron chi connectivity index (χ0n) is 10.1. The molecule has 0 saturated heterocycles. The predicted molar refractivity (Wildman–Crippen MR) is 74.7 cm³/mol. The maximum absolute atomic E-state index is 12.0. The van der Waals surface area contributed by atoms with Crippen molar-refractivity contribution >= 4 is 43.8 Å². The summed E-state index contributed by atoms with van der Waals surface area (Å²) >= 11 is 3.50. The quantitative estimate of drug-likeness (QED) is 0.767. The van der Waals surface area contributed by atoms with Crippen molar-refractivity contribution in [2.24, 2.45) is 0 Å². The van der Waals surface area contributed by atoms with Gasteiger partial charge in [-0.25, -0.2) is 0 Å². The van der Waals surface area contributed by atoms with Gasteiger partial charge < -0.3 is 16.4 Å². The van der Waals surface area contributed by atoms with E-state index in [1.165, 1.54) is 15.7 Å². The molecule has 1 aromatic carbocycles. The zero-order valence-corrected chi connectivity index (χ0v) is 13.1. The van der Waals surface area contributed by atoms with Crippen LogP contribution in [0, 0.1) is 0 Å². The predicted octanol–water partition coefficient (Wildman–Crippen LogP) is 1.29. The molecule has 0 bridgehead atoms. The Morgan fingerprint density at radius 1 is 1.11 bits per heavy atom. The van der Waals surface area contributed by atoms with Crippen molar-refractivity contribution in [2.75, 3.05) is 11.9 Å². The van der Waals surface area contributed by atoms with E-state index >= 15 is 0 Å². The average molecular weight is 340 g/mol. The molecule has 1 amide bonds. The molecule has 0 aliphatic rings. The molecule has 0 spiro atoms. The Kier molecular flexibility index (Phi) is 9.36. The largest absolute Gasteiger partial charge is 0.870 e. The molecule has 0 radical (unpaired) electrons. The van der Waals surface area contributed by atoms with Gasteiger partial charge in [-0.2, -0.15) is 0 Å². The van der Waals surface area contributed by atoms with Gasteiger partial charge >= 0.3 is 107 Å². The third-order valence-corrected chi connectivity index (χ3v) is 3.85. The smallest absolute Gasteiger partial charge is 0.870 e. The Morgan fingerprint density at radius 3 is 2.16 bits per heavy atom. The van der Waals surface area contributed by atoms with E-state index in [9.17, 15) is 4.79 Å². The van der Waals surface area contributed by atoms with Gasteiger partial charge in [-0.05, 0) is 0 Å². The molecule has 7 heteroatoms. The molecule has 2 rings (SSSR count). The Labute approximate surface area is 124 Å². The van der Waals surface area contributed by atoms with Crippen LogP contribution in [0.25, 0.3) is 0 Å². The third kappa shape index (κ3) is 4.77. The number of thiophene rings is 1. The summed E-state index contributed by atoms with van der Waals surface area (Å²) in [5.41, 5.74) is 0.920. The van der Waals surface area contributed by atoms with Crippen LogP contribution in [-0.4, -0.2) is 45.9 Å². The van der Waals surface area contributed by atoms with Gasteiger partial charge in [0.15, 0.2) is 0 Å². The van der Waals surface area contributed by atoms with Gasteiger partial charge in [0, 0.05) is 0 Å². The molecule has 1 heterocycles. The van der Waals surface area contributed by atoms with E-state index in [0.29, 0.717) is 0 Å². The van der Waals surface area contributed by atoms with Gasteiger partial charge in [0.25, 0.3) is 0 Å². The van der Waals surface area contributed by atoms with Crippen molar-refractivity contribution in [1.82, 2.24) is 0 Å². The number of carbonyl (C=O) groups excluding carboxylic acids is 1. The summed E-state index contributed by atoms with van der Waals surface area (Å²) in [6.45, 7) is 0. The SMILES string of the molecule is CN(C(=O)c1cccs1)c1cc[c]([Ge+3])cc1.[OH-].[OH-].[OH-]. The van der Waals surface area contributed by atoms with Gasteiger partial charge in [0.1, 0.15) is 0 Å². The summed E-state index contributed by atoms with van der Waals surface area (Å²) in [6.07, 6.45) is 0. The molecule has 2 aromatic rings. The molecule has 19 heavy (non-hydrogen) atoms. The second-order valence-electron chi connectivity index (χ2n) is 3.39. The summed E-state index contributed by atoms with van der Waals surface area (Å²) in [6, 6.07) is 11.7. The molecule has 0 atom stereocenters. The van der Waals surface area contributed by atoms with Crippen LogP contribution in [0.5, 0.6) is 0 Å². The molecular formula is C12H13GeNO4S. The monoisotopic (exact) mass is 341 g/mol. The van der Waals surface area contributed by atoms with Crippen LogP contribution in [0.2, 0.25) is 0 Å². The molecule has 0 fully saturated rings. The molecule has 1 aromatic heterocycles. The molecule has 3 N–H and O–H groups in total. The van der Waals surface area contributed by atoms with Gasteiger partial charge in [-0.15, -0.1) is 0 Å². The number of rotatable bonds is 2. The van der Waals surface area contributed by atoms with E-state index < -0.39 is 0 Å². The Bertz CT molecular complexity index is 487. The molecule has 5 nitrogen and oxygen atoms in total. The number of amides is 1. The van der Waals surface area contributed by atoms with Crippen molar-refractivity contribution in [3.05, 3.63) is 46.7 Å². The standard InChI is InChI=1S/C12H10GeNOS.3H2O/c1-14(10-6-4-9(13)5-7-10)12(15)11-3-2-8-16-11;;;/h2-8H,1H3;3*1H2/q+3;;;/p-3. The van der Waals surface area contributed by atoms with Crippen LogP contribution in [0.1, 0.15) is 9.67 Å². The summed E-state index contributed by atoms with van der Waals surface area (Å²) < 4.78 is 1.20. The Morgan fingerprint density at radius 2 is 1.68 bits per heavy atom. The first kappa shape index (κ1) is 20.1. The molecule has 0 unspecified atom stereocenters. The molecule has 0 aliphatic heterocycles. The molecule has 0 aliphatic carbocycles. The maximum Gasteiger partial charge on any atom is -0.870 e. The number of anilines is 1. The van der Waals surface area contributed by atoms with E-state index in [4.69, 9.17) is 0 Å². The maximum atomic E-state index is 12.0. The number of carbonyl (C=O) groups is 1. The van der Waals surface area contributed by atoms with Crippen LogP contribution in [0.15, 0.2) is 41.8 Å². The van der Waals surface area contributed by atoms with Crippen LogP contribution in [0.3, 0.4) is 0 Å². The number of hydrogen-bond acceptors (Lipinski definition) is 5. The van der Waals surface area contributed by atoms with Gasteiger partial charge in [-0.1, -0.05) is 0 Å². The fourth-order valence-electron chi connectivity index (χ4n) is 1.37.